The molecule has 0 aromatic carbocycles. The maximum absolute atomic E-state index is 11.7. The lowest BCUT2D eigenvalue weighted by Gasteiger charge is -2.11. The summed E-state index contributed by atoms with van der Waals surface area (Å²) in [7, 11) is 0. The number of hydrogen-bond donors (Lipinski definition) is 3. The molecule has 10 heteroatoms. The molecule has 0 saturated heterocycles. The van der Waals surface area contributed by atoms with Crippen LogP contribution in [0, 0.1) is 10.1 Å². The first-order valence-electron chi connectivity index (χ1n) is 4.81. The Morgan fingerprint density at radius 1 is 1.58 bits per heavy atom. The summed E-state index contributed by atoms with van der Waals surface area (Å²) in [6.45, 7) is -0.832. The molecular weight excluding hydrogens is 282 g/mol. The topological polar surface area (TPSA) is 143 Å². The molecule has 0 fully saturated rings. The standard InChI is InChI=1S/C9H8ClN3O6/c10-7-5(1-4(2-11-7)13(18)19)8(15)12-6(3-14)9(16)17/h1-2,6,14H,3H2,(H,12,15)(H,16,17)/t6-/m0/s1. The fraction of sp³-hybridized carbons (Fsp3) is 0.222. The van der Waals surface area contributed by atoms with Gasteiger partial charge in [0.05, 0.1) is 17.1 Å². The van der Waals surface area contributed by atoms with Crippen LogP contribution >= 0.6 is 11.6 Å². The number of carbonyl (C=O) groups is 2. The quantitative estimate of drug-likeness (QED) is 0.387. The minimum Gasteiger partial charge on any atom is -0.480 e. The summed E-state index contributed by atoms with van der Waals surface area (Å²) in [5.74, 6) is -2.44. The summed E-state index contributed by atoms with van der Waals surface area (Å²) in [5.41, 5.74) is -0.819. The number of nitrogens with one attached hydrogen (secondary N) is 1. The van der Waals surface area contributed by atoms with Gasteiger partial charge >= 0.3 is 5.97 Å². The number of nitro groups is 1. The number of hydrogen-bond acceptors (Lipinski definition) is 6. The fourth-order valence-corrected chi connectivity index (χ4v) is 1.31. The molecule has 1 aromatic heterocycles. The van der Waals surface area contributed by atoms with Crippen molar-refractivity contribution < 1.29 is 24.7 Å². The zero-order valence-electron chi connectivity index (χ0n) is 9.24. The first-order valence-corrected chi connectivity index (χ1v) is 5.19. The number of aliphatic hydroxyl groups excluding tert-OH is 1. The minimum atomic E-state index is -1.54. The molecule has 0 saturated carbocycles. The van der Waals surface area contributed by atoms with Crippen LogP contribution in [0.25, 0.3) is 0 Å². The van der Waals surface area contributed by atoms with Crippen LogP contribution < -0.4 is 5.32 Å². The SMILES string of the molecule is O=C(N[C@@H](CO)C(=O)O)c1cc([N+](=O)[O-])cnc1Cl. The van der Waals surface area contributed by atoms with E-state index in [4.69, 9.17) is 21.8 Å². The van der Waals surface area contributed by atoms with Gasteiger partial charge in [0, 0.05) is 6.07 Å². The van der Waals surface area contributed by atoms with Gasteiger partial charge in [-0.15, -0.1) is 0 Å². The number of pyridine rings is 1. The van der Waals surface area contributed by atoms with Crippen molar-refractivity contribution in [3.05, 3.63) is 33.1 Å². The van der Waals surface area contributed by atoms with E-state index in [-0.39, 0.29) is 10.7 Å². The molecule has 1 atom stereocenters. The molecule has 19 heavy (non-hydrogen) atoms. The molecule has 1 rings (SSSR count). The van der Waals surface area contributed by atoms with Crippen molar-refractivity contribution in [3.63, 3.8) is 0 Å². The number of rotatable bonds is 5. The van der Waals surface area contributed by atoms with Gasteiger partial charge < -0.3 is 15.5 Å². The van der Waals surface area contributed by atoms with Crippen molar-refractivity contribution in [1.82, 2.24) is 10.3 Å². The molecule has 1 aromatic rings. The van der Waals surface area contributed by atoms with Crippen molar-refractivity contribution >= 4 is 29.2 Å². The summed E-state index contributed by atoms with van der Waals surface area (Å²) < 4.78 is 0. The number of amides is 1. The summed E-state index contributed by atoms with van der Waals surface area (Å²) in [6.07, 6.45) is 0.861. The highest BCUT2D eigenvalue weighted by Crippen LogP contribution is 2.19. The number of aromatic nitrogens is 1. The Bertz CT molecular complexity index is 535. The molecule has 1 heterocycles. The van der Waals surface area contributed by atoms with Crippen LogP contribution in [0.4, 0.5) is 5.69 Å². The number of carboxylic acids is 1. The van der Waals surface area contributed by atoms with Crippen LogP contribution in [0.3, 0.4) is 0 Å². The minimum absolute atomic E-state index is 0.315. The molecule has 0 unspecified atom stereocenters. The third kappa shape index (κ3) is 3.60. The van der Waals surface area contributed by atoms with E-state index >= 15 is 0 Å². The predicted molar refractivity (Wildman–Crippen MR) is 61.9 cm³/mol. The van der Waals surface area contributed by atoms with Crippen LogP contribution in [-0.2, 0) is 4.79 Å². The van der Waals surface area contributed by atoms with Crippen molar-refractivity contribution in [3.8, 4) is 0 Å². The molecule has 0 radical (unpaired) electrons. The van der Waals surface area contributed by atoms with Gasteiger partial charge in [0.15, 0.2) is 6.04 Å². The van der Waals surface area contributed by atoms with Crippen molar-refractivity contribution in [2.45, 2.75) is 6.04 Å². The van der Waals surface area contributed by atoms with Gasteiger partial charge in [-0.3, -0.25) is 14.9 Å². The molecule has 9 nitrogen and oxygen atoms in total. The number of halogens is 1. The molecule has 102 valence electrons. The number of carboxylic acid groups (broad SMARTS) is 1. The Morgan fingerprint density at radius 2 is 2.21 bits per heavy atom. The average Bonchev–Trinajstić information content (AvgIpc) is 2.35. The van der Waals surface area contributed by atoms with Crippen LogP contribution in [-0.4, -0.2) is 44.6 Å². The highest BCUT2D eigenvalue weighted by molar-refractivity contribution is 6.32. The molecule has 3 N–H and O–H groups in total. The first-order chi connectivity index (χ1) is 8.86. The van der Waals surface area contributed by atoms with Gasteiger partial charge in [-0.2, -0.15) is 0 Å². The van der Waals surface area contributed by atoms with E-state index in [1.807, 2.05) is 5.32 Å². The van der Waals surface area contributed by atoms with E-state index in [0.717, 1.165) is 12.3 Å². The Labute approximate surface area is 111 Å². The van der Waals surface area contributed by atoms with E-state index in [1.54, 1.807) is 0 Å². The van der Waals surface area contributed by atoms with E-state index in [1.165, 1.54) is 0 Å². The fourth-order valence-electron chi connectivity index (χ4n) is 1.12. The van der Waals surface area contributed by atoms with E-state index in [9.17, 15) is 19.7 Å². The zero-order valence-corrected chi connectivity index (χ0v) is 9.99. The number of carbonyl (C=O) groups excluding carboxylic acids is 1. The lowest BCUT2D eigenvalue weighted by molar-refractivity contribution is -0.385. The van der Waals surface area contributed by atoms with Gasteiger partial charge in [0.1, 0.15) is 11.3 Å². The lowest BCUT2D eigenvalue weighted by Crippen LogP contribution is -2.43. The third-order valence-electron chi connectivity index (χ3n) is 2.07. The van der Waals surface area contributed by atoms with Gasteiger partial charge in [-0.1, -0.05) is 11.6 Å². The maximum Gasteiger partial charge on any atom is 0.328 e. The Hall–Kier alpha value is -2.26. The van der Waals surface area contributed by atoms with Crippen molar-refractivity contribution in [2.24, 2.45) is 0 Å². The summed E-state index contributed by atoms with van der Waals surface area (Å²) >= 11 is 5.60. The summed E-state index contributed by atoms with van der Waals surface area (Å²) in [4.78, 5) is 35.5. The number of nitrogens with zero attached hydrogens (tertiary/aromatic N) is 2. The lowest BCUT2D eigenvalue weighted by atomic mass is 10.2. The largest absolute Gasteiger partial charge is 0.480 e. The second-order valence-electron chi connectivity index (χ2n) is 3.34. The number of aliphatic hydroxyl groups is 1. The zero-order chi connectivity index (χ0) is 14.6. The first kappa shape index (κ1) is 14.8. The second-order valence-corrected chi connectivity index (χ2v) is 3.69. The molecule has 0 bridgehead atoms. The van der Waals surface area contributed by atoms with Gasteiger partial charge in [0.25, 0.3) is 11.6 Å². The Kier molecular flexibility index (Phi) is 4.73. The van der Waals surface area contributed by atoms with E-state index in [0.29, 0.717) is 0 Å². The Morgan fingerprint density at radius 3 is 2.68 bits per heavy atom. The average molecular weight is 290 g/mol. The molecule has 0 aliphatic rings. The van der Waals surface area contributed by atoms with Gasteiger partial charge in [-0.05, 0) is 0 Å². The molecule has 0 aliphatic heterocycles. The van der Waals surface area contributed by atoms with Gasteiger partial charge in [-0.25, -0.2) is 9.78 Å². The molecular formula is C9H8ClN3O6. The van der Waals surface area contributed by atoms with Crippen molar-refractivity contribution in [2.75, 3.05) is 6.61 Å². The maximum atomic E-state index is 11.7. The smallest absolute Gasteiger partial charge is 0.328 e. The van der Waals surface area contributed by atoms with Crippen LogP contribution in [0.1, 0.15) is 10.4 Å². The summed E-state index contributed by atoms with van der Waals surface area (Å²) in [5, 5.41) is 29.6. The second kappa shape index (κ2) is 6.07. The molecule has 0 spiro atoms. The highest BCUT2D eigenvalue weighted by Gasteiger charge is 2.23. The third-order valence-corrected chi connectivity index (χ3v) is 2.37. The van der Waals surface area contributed by atoms with Crippen LogP contribution in [0.5, 0.6) is 0 Å². The van der Waals surface area contributed by atoms with Crippen LogP contribution in [0.2, 0.25) is 5.15 Å². The monoisotopic (exact) mass is 289 g/mol. The predicted octanol–water partition coefficient (Wildman–Crippen LogP) is -0.182. The van der Waals surface area contributed by atoms with Gasteiger partial charge in [0.2, 0.25) is 0 Å². The van der Waals surface area contributed by atoms with Crippen LogP contribution in [0.15, 0.2) is 12.3 Å². The summed E-state index contributed by atoms with van der Waals surface area (Å²) in [6, 6.07) is -0.677. The molecule has 1 amide bonds. The number of aliphatic carboxylic acids is 1. The molecule has 0 aliphatic carbocycles. The normalized spacial score (nSPS) is 11.7. The van der Waals surface area contributed by atoms with Crippen molar-refractivity contribution in [1.29, 1.82) is 0 Å². The van der Waals surface area contributed by atoms with E-state index < -0.39 is 35.1 Å². The highest BCUT2D eigenvalue weighted by atomic mass is 35.5. The Balaban J connectivity index is 3.02. The van der Waals surface area contributed by atoms with E-state index in [2.05, 4.69) is 4.98 Å².